The number of aryl methyl sites for hydroxylation is 1. The molecule has 1 heterocycles. The van der Waals surface area contributed by atoms with Crippen molar-refractivity contribution in [2.45, 2.75) is 78.4 Å². The molecule has 21 heavy (non-hydrogen) atoms. The highest BCUT2D eigenvalue weighted by Gasteiger charge is 2.27. The van der Waals surface area contributed by atoms with Crippen molar-refractivity contribution in [3.05, 3.63) is 10.6 Å². The van der Waals surface area contributed by atoms with Gasteiger partial charge in [0, 0.05) is 30.1 Å². The van der Waals surface area contributed by atoms with E-state index in [9.17, 15) is 0 Å². The number of nitrogens with zero attached hydrogens (tertiary/aromatic N) is 2. The van der Waals surface area contributed by atoms with Crippen LogP contribution >= 0.6 is 11.3 Å². The minimum atomic E-state index is 0.153. The van der Waals surface area contributed by atoms with Gasteiger partial charge in [0.15, 0.2) is 5.13 Å². The van der Waals surface area contributed by atoms with Gasteiger partial charge in [0.2, 0.25) is 0 Å². The maximum Gasteiger partial charge on any atom is 0.185 e. The summed E-state index contributed by atoms with van der Waals surface area (Å²) >= 11 is 1.86. The third-order valence-corrected chi connectivity index (χ3v) is 5.77. The van der Waals surface area contributed by atoms with E-state index in [2.05, 4.69) is 51.9 Å². The summed E-state index contributed by atoms with van der Waals surface area (Å²) in [5, 5.41) is 4.76. The number of nitrogens with one attached hydrogen (secondary N) is 1. The van der Waals surface area contributed by atoms with Crippen LogP contribution in [0.25, 0.3) is 0 Å². The van der Waals surface area contributed by atoms with Gasteiger partial charge in [0.25, 0.3) is 0 Å². The van der Waals surface area contributed by atoms with Crippen molar-refractivity contribution in [2.75, 3.05) is 11.9 Å². The van der Waals surface area contributed by atoms with Crippen molar-refractivity contribution in [3.8, 4) is 0 Å². The molecule has 1 aliphatic carbocycles. The van der Waals surface area contributed by atoms with Crippen LogP contribution in [0.4, 0.5) is 5.13 Å². The molecular formula is C17H31N3S. The standard InChI is InChI=1S/C17H31N3S/c1-12-9-7-8-10-14(12)20(6)16-19-13(2)15(21-16)11-18-17(3,4)5/h12,14,18H,7-11H2,1-6H3. The summed E-state index contributed by atoms with van der Waals surface area (Å²) in [6.07, 6.45) is 5.43. The number of rotatable bonds is 4. The van der Waals surface area contributed by atoms with E-state index in [0.29, 0.717) is 6.04 Å². The van der Waals surface area contributed by atoms with Gasteiger partial charge in [0.05, 0.1) is 5.69 Å². The van der Waals surface area contributed by atoms with Crippen molar-refractivity contribution in [3.63, 3.8) is 0 Å². The zero-order chi connectivity index (χ0) is 15.6. The van der Waals surface area contributed by atoms with Gasteiger partial charge < -0.3 is 10.2 Å². The second kappa shape index (κ2) is 6.66. The minimum absolute atomic E-state index is 0.153. The molecule has 0 aromatic carbocycles. The molecule has 1 saturated carbocycles. The minimum Gasteiger partial charge on any atom is -0.348 e. The maximum absolute atomic E-state index is 4.83. The molecule has 4 heteroatoms. The van der Waals surface area contributed by atoms with E-state index in [0.717, 1.165) is 12.5 Å². The molecule has 0 amide bonds. The Balaban J connectivity index is 2.06. The van der Waals surface area contributed by atoms with Crippen molar-refractivity contribution in [2.24, 2.45) is 5.92 Å². The Labute approximate surface area is 134 Å². The van der Waals surface area contributed by atoms with Gasteiger partial charge in [-0.05, 0) is 46.5 Å². The fraction of sp³-hybridized carbons (Fsp3) is 0.824. The molecule has 2 rings (SSSR count). The van der Waals surface area contributed by atoms with E-state index in [4.69, 9.17) is 4.98 Å². The number of aromatic nitrogens is 1. The second-order valence-corrected chi connectivity index (χ2v) is 8.61. The van der Waals surface area contributed by atoms with Crippen LogP contribution in [0.3, 0.4) is 0 Å². The maximum atomic E-state index is 4.83. The molecule has 0 saturated heterocycles. The number of anilines is 1. The molecule has 2 unspecified atom stereocenters. The third kappa shape index (κ3) is 4.43. The lowest BCUT2D eigenvalue weighted by atomic mass is 9.85. The fourth-order valence-corrected chi connectivity index (χ4v) is 4.11. The largest absolute Gasteiger partial charge is 0.348 e. The van der Waals surface area contributed by atoms with Gasteiger partial charge in [-0.15, -0.1) is 11.3 Å². The highest BCUT2D eigenvalue weighted by Crippen LogP contribution is 2.33. The molecule has 3 nitrogen and oxygen atoms in total. The van der Waals surface area contributed by atoms with Crippen molar-refractivity contribution < 1.29 is 0 Å². The van der Waals surface area contributed by atoms with Gasteiger partial charge >= 0.3 is 0 Å². The number of thiazole rings is 1. The van der Waals surface area contributed by atoms with Gasteiger partial charge in [-0.3, -0.25) is 0 Å². The van der Waals surface area contributed by atoms with Gasteiger partial charge in [-0.25, -0.2) is 4.98 Å². The average molecular weight is 310 g/mol. The number of hydrogen-bond donors (Lipinski definition) is 1. The van der Waals surface area contributed by atoms with Crippen LogP contribution in [0.15, 0.2) is 0 Å². The van der Waals surface area contributed by atoms with Crippen LogP contribution in [0, 0.1) is 12.8 Å². The molecule has 0 aliphatic heterocycles. The quantitative estimate of drug-likeness (QED) is 0.896. The number of hydrogen-bond acceptors (Lipinski definition) is 4. The van der Waals surface area contributed by atoms with Crippen LogP contribution in [-0.4, -0.2) is 23.6 Å². The van der Waals surface area contributed by atoms with Crippen LogP contribution in [0.1, 0.15) is 63.9 Å². The Morgan fingerprint density at radius 1 is 1.29 bits per heavy atom. The molecule has 2 atom stereocenters. The Bertz CT molecular complexity index is 461. The topological polar surface area (TPSA) is 28.2 Å². The van der Waals surface area contributed by atoms with Crippen LogP contribution < -0.4 is 10.2 Å². The molecule has 0 spiro atoms. The predicted octanol–water partition coefficient (Wildman–Crippen LogP) is 4.35. The van der Waals surface area contributed by atoms with Gasteiger partial charge in [0.1, 0.15) is 0 Å². The van der Waals surface area contributed by atoms with Crippen molar-refractivity contribution in [1.29, 1.82) is 0 Å². The average Bonchev–Trinajstić information content (AvgIpc) is 2.77. The summed E-state index contributed by atoms with van der Waals surface area (Å²) < 4.78 is 0. The normalized spacial score (nSPS) is 23.3. The summed E-state index contributed by atoms with van der Waals surface area (Å²) in [6, 6.07) is 0.660. The lowest BCUT2D eigenvalue weighted by molar-refractivity contribution is 0.321. The summed E-state index contributed by atoms with van der Waals surface area (Å²) in [5.41, 5.74) is 1.34. The zero-order valence-electron chi connectivity index (χ0n) is 14.5. The molecule has 1 fully saturated rings. The molecule has 0 bridgehead atoms. The Kier molecular flexibility index (Phi) is 5.31. The summed E-state index contributed by atoms with van der Waals surface area (Å²) in [6.45, 7) is 12.1. The highest BCUT2D eigenvalue weighted by atomic mass is 32.1. The molecule has 1 aliphatic rings. The van der Waals surface area contributed by atoms with E-state index >= 15 is 0 Å². The van der Waals surface area contributed by atoms with Crippen LogP contribution in [-0.2, 0) is 6.54 Å². The van der Waals surface area contributed by atoms with Gasteiger partial charge in [-0.1, -0.05) is 19.8 Å². The first kappa shape index (κ1) is 16.8. The smallest absolute Gasteiger partial charge is 0.185 e. The molecular weight excluding hydrogens is 278 g/mol. The van der Waals surface area contributed by atoms with E-state index < -0.39 is 0 Å². The van der Waals surface area contributed by atoms with E-state index in [1.165, 1.54) is 41.4 Å². The molecule has 1 aromatic rings. The second-order valence-electron chi connectivity index (χ2n) is 7.55. The Morgan fingerprint density at radius 2 is 1.95 bits per heavy atom. The molecule has 1 aromatic heterocycles. The first-order valence-corrected chi connectivity index (χ1v) is 9.04. The van der Waals surface area contributed by atoms with Crippen molar-refractivity contribution >= 4 is 16.5 Å². The lowest BCUT2D eigenvalue weighted by Crippen LogP contribution is -2.38. The monoisotopic (exact) mass is 309 g/mol. The molecule has 120 valence electrons. The van der Waals surface area contributed by atoms with E-state index in [1.54, 1.807) is 0 Å². The van der Waals surface area contributed by atoms with Gasteiger partial charge in [-0.2, -0.15) is 0 Å². The molecule has 0 radical (unpaired) electrons. The zero-order valence-corrected chi connectivity index (χ0v) is 15.3. The first-order valence-electron chi connectivity index (χ1n) is 8.22. The van der Waals surface area contributed by atoms with Crippen LogP contribution in [0.2, 0.25) is 0 Å². The first-order chi connectivity index (χ1) is 9.78. The summed E-state index contributed by atoms with van der Waals surface area (Å²) in [5.74, 6) is 0.782. The third-order valence-electron chi connectivity index (χ3n) is 4.53. The van der Waals surface area contributed by atoms with Crippen LogP contribution in [0.5, 0.6) is 0 Å². The van der Waals surface area contributed by atoms with E-state index in [1.807, 2.05) is 11.3 Å². The Hall–Kier alpha value is -0.610. The summed E-state index contributed by atoms with van der Waals surface area (Å²) in [7, 11) is 2.23. The fourth-order valence-electron chi connectivity index (χ4n) is 3.09. The molecule has 1 N–H and O–H groups in total. The van der Waals surface area contributed by atoms with Crippen molar-refractivity contribution in [1.82, 2.24) is 10.3 Å². The lowest BCUT2D eigenvalue weighted by Gasteiger charge is -2.36. The predicted molar refractivity (Wildman–Crippen MR) is 93.3 cm³/mol. The SMILES string of the molecule is Cc1nc(N(C)C2CCCCC2C)sc1CNC(C)(C)C. The highest BCUT2D eigenvalue weighted by molar-refractivity contribution is 7.15. The Morgan fingerprint density at radius 3 is 2.57 bits per heavy atom. The summed E-state index contributed by atoms with van der Waals surface area (Å²) in [4.78, 5) is 8.63. The van der Waals surface area contributed by atoms with E-state index in [-0.39, 0.29) is 5.54 Å².